The third-order valence-corrected chi connectivity index (χ3v) is 5.54. The number of rotatable bonds is 19. The third kappa shape index (κ3) is 11.2. The number of carbonyl (C=O) groups excluding carboxylic acids is 2. The fourth-order valence-electron chi connectivity index (χ4n) is 3.72. The van der Waals surface area contributed by atoms with Crippen LogP contribution in [0.4, 0.5) is 0 Å². The van der Waals surface area contributed by atoms with E-state index in [1.807, 2.05) is 0 Å². The lowest BCUT2D eigenvalue weighted by molar-refractivity contribution is 0.0977. The van der Waals surface area contributed by atoms with Crippen molar-refractivity contribution >= 4 is 12.1 Å². The van der Waals surface area contributed by atoms with Crippen LogP contribution in [-0.2, 0) is 0 Å². The highest BCUT2D eigenvalue weighted by molar-refractivity contribution is 6.04. The van der Waals surface area contributed by atoms with Crippen molar-refractivity contribution in [2.75, 3.05) is 6.61 Å². The largest absolute Gasteiger partial charge is 0.493 e. The van der Waals surface area contributed by atoms with E-state index in [4.69, 9.17) is 4.74 Å². The second kappa shape index (κ2) is 17.2. The maximum absolute atomic E-state index is 12.1. The van der Waals surface area contributed by atoms with Crippen LogP contribution in [0.25, 0.3) is 0 Å². The summed E-state index contributed by atoms with van der Waals surface area (Å²) >= 11 is 0. The molecule has 1 rings (SSSR count). The quantitative estimate of drug-likeness (QED) is 0.134. The number of hydrogen-bond donors (Lipinski definition) is 0. The molecule has 0 saturated heterocycles. The molecule has 0 N–H and O–H groups in total. The molecule has 0 fully saturated rings. The average Bonchev–Trinajstić information content (AvgIpc) is 2.75. The fraction of sp³-hybridized carbons (Fsp3) is 0.692. The van der Waals surface area contributed by atoms with Gasteiger partial charge in [-0.25, -0.2) is 0 Å². The Hall–Kier alpha value is -1.64. The summed E-state index contributed by atoms with van der Waals surface area (Å²) in [6, 6.07) is 5.24. The van der Waals surface area contributed by atoms with Crippen molar-refractivity contribution in [2.45, 2.75) is 110 Å². The number of aldehydes is 1. The van der Waals surface area contributed by atoms with Gasteiger partial charge in [0.15, 0.2) is 12.1 Å². The smallest absolute Gasteiger partial charge is 0.167 e. The first-order valence-corrected chi connectivity index (χ1v) is 12.0. The van der Waals surface area contributed by atoms with E-state index in [0.717, 1.165) is 19.1 Å². The molecule has 1 aromatic rings. The van der Waals surface area contributed by atoms with Gasteiger partial charge in [0.25, 0.3) is 0 Å². The van der Waals surface area contributed by atoms with E-state index in [-0.39, 0.29) is 5.78 Å². The number of ether oxygens (including phenoxy) is 1. The number of unbranched alkanes of at least 4 members (excludes halogenated alkanes) is 13. The molecule has 29 heavy (non-hydrogen) atoms. The Morgan fingerprint density at radius 3 is 1.79 bits per heavy atom. The van der Waals surface area contributed by atoms with Crippen molar-refractivity contribution in [3.63, 3.8) is 0 Å². The molecule has 164 valence electrons. The number of Topliss-reactive ketones (excluding diaryl/α,β-unsaturated/α-hetero) is 1. The van der Waals surface area contributed by atoms with Gasteiger partial charge in [0, 0.05) is 12.0 Å². The summed E-state index contributed by atoms with van der Waals surface area (Å²) in [5, 5.41) is 0. The summed E-state index contributed by atoms with van der Waals surface area (Å²) in [6.07, 6.45) is 19.7. The van der Waals surface area contributed by atoms with Crippen LogP contribution < -0.4 is 4.74 Å². The maximum atomic E-state index is 12.1. The van der Waals surface area contributed by atoms with E-state index in [9.17, 15) is 9.59 Å². The molecule has 0 unspecified atom stereocenters. The van der Waals surface area contributed by atoms with E-state index in [2.05, 4.69) is 6.92 Å². The van der Waals surface area contributed by atoms with Gasteiger partial charge in [-0.3, -0.25) is 9.59 Å². The van der Waals surface area contributed by atoms with Gasteiger partial charge in [0.05, 0.1) is 12.2 Å². The maximum Gasteiger partial charge on any atom is 0.167 e. The summed E-state index contributed by atoms with van der Waals surface area (Å²) in [5.41, 5.74) is 0.866. The molecule has 0 aliphatic carbocycles. The predicted molar refractivity (Wildman–Crippen MR) is 122 cm³/mol. The molecule has 0 atom stereocenters. The monoisotopic (exact) mass is 402 g/mol. The van der Waals surface area contributed by atoms with Crippen molar-refractivity contribution < 1.29 is 14.3 Å². The molecule has 0 aromatic heterocycles. The average molecular weight is 403 g/mol. The zero-order chi connectivity index (χ0) is 21.2. The van der Waals surface area contributed by atoms with Crippen molar-refractivity contribution in [1.82, 2.24) is 0 Å². The summed E-state index contributed by atoms with van der Waals surface area (Å²) in [7, 11) is 0. The van der Waals surface area contributed by atoms with Gasteiger partial charge in [-0.05, 0) is 12.5 Å². The standard InChI is InChI=1S/C26H42O3/c1-3-5-6-7-8-9-10-11-12-13-14-15-16-17-21-29-25-20-18-19-23(22-27)26(25)24(28)4-2/h18-20,22H,3-17,21H2,1-2H3. The Labute approximate surface area is 178 Å². The van der Waals surface area contributed by atoms with Crippen molar-refractivity contribution in [3.05, 3.63) is 29.3 Å². The van der Waals surface area contributed by atoms with Gasteiger partial charge in [0.2, 0.25) is 0 Å². The zero-order valence-corrected chi connectivity index (χ0v) is 18.8. The van der Waals surface area contributed by atoms with Gasteiger partial charge >= 0.3 is 0 Å². The Kier molecular flexibility index (Phi) is 15.1. The van der Waals surface area contributed by atoms with Crippen molar-refractivity contribution in [3.8, 4) is 5.75 Å². The van der Waals surface area contributed by atoms with Gasteiger partial charge in [-0.2, -0.15) is 0 Å². The molecule has 0 heterocycles. The predicted octanol–water partition coefficient (Wildman–Crippen LogP) is 7.95. The molecule has 1 aromatic carbocycles. The van der Waals surface area contributed by atoms with Gasteiger partial charge < -0.3 is 4.74 Å². The summed E-state index contributed by atoms with van der Waals surface area (Å²) in [5.74, 6) is 0.514. The van der Waals surface area contributed by atoms with E-state index < -0.39 is 0 Å². The molecule has 0 bridgehead atoms. The molecule has 0 spiro atoms. The van der Waals surface area contributed by atoms with E-state index >= 15 is 0 Å². The molecular formula is C26H42O3. The van der Waals surface area contributed by atoms with Crippen LogP contribution in [-0.4, -0.2) is 18.7 Å². The highest BCUT2D eigenvalue weighted by Crippen LogP contribution is 2.24. The first-order valence-electron chi connectivity index (χ1n) is 12.0. The number of carbonyl (C=O) groups is 2. The molecule has 0 saturated carbocycles. The van der Waals surface area contributed by atoms with Crippen LogP contribution in [0, 0.1) is 0 Å². The molecule has 0 aliphatic heterocycles. The first-order chi connectivity index (χ1) is 14.2. The second-order valence-electron chi connectivity index (χ2n) is 8.06. The first kappa shape index (κ1) is 25.4. The van der Waals surface area contributed by atoms with Crippen LogP contribution in [0.15, 0.2) is 18.2 Å². The van der Waals surface area contributed by atoms with Gasteiger partial charge in [-0.1, -0.05) is 109 Å². The molecule has 0 aliphatic rings. The minimum absolute atomic E-state index is 0.0383. The Morgan fingerprint density at radius 2 is 1.31 bits per heavy atom. The van der Waals surface area contributed by atoms with E-state index in [0.29, 0.717) is 29.9 Å². The minimum atomic E-state index is -0.0383. The molecule has 3 heteroatoms. The van der Waals surface area contributed by atoms with Crippen molar-refractivity contribution in [1.29, 1.82) is 0 Å². The fourth-order valence-corrected chi connectivity index (χ4v) is 3.72. The Balaban J connectivity index is 2.05. The zero-order valence-electron chi connectivity index (χ0n) is 18.8. The van der Waals surface area contributed by atoms with E-state index in [1.54, 1.807) is 25.1 Å². The van der Waals surface area contributed by atoms with Gasteiger partial charge in [0.1, 0.15) is 5.75 Å². The summed E-state index contributed by atoms with van der Waals surface area (Å²) in [4.78, 5) is 23.3. The van der Waals surface area contributed by atoms with Crippen LogP contribution in [0.2, 0.25) is 0 Å². The number of benzene rings is 1. The van der Waals surface area contributed by atoms with Crippen molar-refractivity contribution in [2.24, 2.45) is 0 Å². The highest BCUT2D eigenvalue weighted by Gasteiger charge is 2.15. The third-order valence-electron chi connectivity index (χ3n) is 5.54. The normalized spacial score (nSPS) is 10.8. The van der Waals surface area contributed by atoms with Gasteiger partial charge in [-0.15, -0.1) is 0 Å². The Bertz CT molecular complexity index is 565. The van der Waals surface area contributed by atoms with Crippen LogP contribution in [0.5, 0.6) is 5.75 Å². The molecule has 0 radical (unpaired) electrons. The molecule has 3 nitrogen and oxygen atoms in total. The number of hydrogen-bond acceptors (Lipinski definition) is 3. The number of ketones is 1. The summed E-state index contributed by atoms with van der Waals surface area (Å²) < 4.78 is 5.83. The van der Waals surface area contributed by atoms with E-state index in [1.165, 1.54) is 77.0 Å². The Morgan fingerprint density at radius 1 is 0.793 bits per heavy atom. The SMILES string of the molecule is CCCCCCCCCCCCCCCCOc1cccc(C=O)c1C(=O)CC. The van der Waals surface area contributed by atoms with Crippen LogP contribution in [0.1, 0.15) is 131 Å². The lowest BCUT2D eigenvalue weighted by atomic mass is 10.0. The summed E-state index contributed by atoms with van der Waals surface area (Å²) in [6.45, 7) is 4.68. The lowest BCUT2D eigenvalue weighted by Gasteiger charge is -2.12. The molecular weight excluding hydrogens is 360 g/mol. The van der Waals surface area contributed by atoms with Crippen LogP contribution >= 0.6 is 0 Å². The highest BCUT2D eigenvalue weighted by atomic mass is 16.5. The topological polar surface area (TPSA) is 43.4 Å². The minimum Gasteiger partial charge on any atom is -0.493 e. The lowest BCUT2D eigenvalue weighted by Crippen LogP contribution is -2.07. The molecule has 0 amide bonds. The second-order valence-corrected chi connectivity index (χ2v) is 8.06. The van der Waals surface area contributed by atoms with Crippen LogP contribution in [0.3, 0.4) is 0 Å².